The minimum atomic E-state index is -0.946. The number of nitrogens with one attached hydrogen (secondary N) is 2. The molecule has 0 aromatic carbocycles. The average molecular weight is 820 g/mol. The van der Waals surface area contributed by atoms with Crippen LogP contribution in [0.25, 0.3) is 0 Å². The maximum atomic E-state index is 13.1. The Labute approximate surface area is 358 Å². The number of aliphatic hydroxyl groups is 2. The molecule has 332 valence electrons. The molecule has 0 radical (unpaired) electrons. The molecule has 0 bridgehead atoms. The maximum Gasteiger partial charge on any atom is 0.311 e. The van der Waals surface area contributed by atoms with E-state index >= 15 is 0 Å². The zero-order valence-corrected chi connectivity index (χ0v) is 37.7. The van der Waals surface area contributed by atoms with Crippen molar-refractivity contribution in [2.24, 2.45) is 29.1 Å². The Bertz CT molecular complexity index is 1440. The molecule has 7 atom stereocenters. The Kier molecular flexibility index (Phi) is 25.9. The lowest BCUT2D eigenvalue weighted by Crippen LogP contribution is -2.43. The predicted octanol–water partition coefficient (Wildman–Crippen LogP) is 9.11. The summed E-state index contributed by atoms with van der Waals surface area (Å²) >= 11 is 0. The van der Waals surface area contributed by atoms with Gasteiger partial charge in [-0.15, -0.1) is 0 Å². The van der Waals surface area contributed by atoms with Gasteiger partial charge in [-0.2, -0.15) is 0 Å². The van der Waals surface area contributed by atoms with Crippen LogP contribution >= 0.6 is 0 Å². The van der Waals surface area contributed by atoms with E-state index in [9.17, 15) is 24.6 Å². The Morgan fingerprint density at radius 2 is 1.44 bits per heavy atom. The molecule has 0 saturated carbocycles. The van der Waals surface area contributed by atoms with Gasteiger partial charge in [0.1, 0.15) is 6.10 Å². The number of amides is 2. The molecule has 7 unspecified atom stereocenters. The van der Waals surface area contributed by atoms with Crippen LogP contribution in [0.2, 0.25) is 0 Å². The standard InChI is InChI=1S/C50H81N3O6/c1-8-10-11-12-13-14-15-16-17-18-19-20-21-22-23-24-25-26-46(56)51-31-33-53(7)34-32-52-47(57)38-43(55)37-42(54)29-30-44-40(4)27-28-41-35-39(3)36-45(48(41)44)59-49(58)50(5,6)9-2/h10-11,13-14,16-17,19-20,22-23,27-28,35,39-40,42-45,48,54-55H,8-9,12,15,18,21,24-26,29-34,36-38H2,1-7H3,(H,51,56)(H,52,57). The van der Waals surface area contributed by atoms with E-state index < -0.39 is 17.6 Å². The number of fused-ring (bicyclic) bond motifs is 1. The first kappa shape index (κ1) is 51.6. The van der Waals surface area contributed by atoms with Gasteiger partial charge in [0.2, 0.25) is 11.8 Å². The van der Waals surface area contributed by atoms with Gasteiger partial charge in [0, 0.05) is 38.5 Å². The third-order valence-corrected chi connectivity index (χ3v) is 11.7. The highest BCUT2D eigenvalue weighted by atomic mass is 16.5. The lowest BCUT2D eigenvalue weighted by molar-refractivity contribution is -0.164. The van der Waals surface area contributed by atoms with Gasteiger partial charge in [-0.3, -0.25) is 14.4 Å². The van der Waals surface area contributed by atoms with E-state index in [1.54, 1.807) is 0 Å². The summed E-state index contributed by atoms with van der Waals surface area (Å²) in [6.45, 7) is 14.6. The monoisotopic (exact) mass is 820 g/mol. The van der Waals surface area contributed by atoms with E-state index in [0.29, 0.717) is 51.4 Å². The highest BCUT2D eigenvalue weighted by Gasteiger charge is 2.43. The molecular weight excluding hydrogens is 739 g/mol. The number of carbonyl (C=O) groups excluding carboxylic acids is 3. The highest BCUT2D eigenvalue weighted by Crippen LogP contribution is 2.45. The normalized spacial score (nSPS) is 22.1. The molecule has 9 heteroatoms. The fourth-order valence-electron chi connectivity index (χ4n) is 7.57. The number of ether oxygens (including phenoxy) is 1. The van der Waals surface area contributed by atoms with Crippen molar-refractivity contribution in [1.82, 2.24) is 15.5 Å². The smallest absolute Gasteiger partial charge is 0.311 e. The second-order valence-electron chi connectivity index (χ2n) is 17.4. The number of hydrogen-bond donors (Lipinski definition) is 4. The van der Waals surface area contributed by atoms with Crippen molar-refractivity contribution in [3.05, 3.63) is 84.6 Å². The Hall–Kier alpha value is -3.53. The first-order valence-electron chi connectivity index (χ1n) is 22.7. The first-order chi connectivity index (χ1) is 28.3. The molecule has 0 aromatic heterocycles. The van der Waals surface area contributed by atoms with Gasteiger partial charge in [0.15, 0.2) is 0 Å². The largest absolute Gasteiger partial charge is 0.461 e. The summed E-state index contributed by atoms with van der Waals surface area (Å²) in [6, 6.07) is 0. The van der Waals surface area contributed by atoms with Crippen molar-refractivity contribution in [2.75, 3.05) is 33.2 Å². The summed E-state index contributed by atoms with van der Waals surface area (Å²) in [5.74, 6) is 0.476. The summed E-state index contributed by atoms with van der Waals surface area (Å²) in [5, 5.41) is 27.4. The molecule has 59 heavy (non-hydrogen) atoms. The Balaban J connectivity index is 1.57. The van der Waals surface area contributed by atoms with E-state index in [2.05, 4.69) is 110 Å². The van der Waals surface area contributed by atoms with Crippen molar-refractivity contribution < 1.29 is 29.3 Å². The van der Waals surface area contributed by atoms with Crippen LogP contribution in [0.1, 0.15) is 131 Å². The number of esters is 1. The Morgan fingerprint density at radius 1 is 0.864 bits per heavy atom. The zero-order valence-electron chi connectivity index (χ0n) is 37.7. The summed E-state index contributed by atoms with van der Waals surface area (Å²) in [7, 11) is 1.94. The van der Waals surface area contributed by atoms with Crippen LogP contribution in [-0.2, 0) is 19.1 Å². The molecule has 0 saturated heterocycles. The van der Waals surface area contributed by atoms with Crippen molar-refractivity contribution in [2.45, 2.75) is 150 Å². The third-order valence-electron chi connectivity index (χ3n) is 11.7. The second kappa shape index (κ2) is 29.7. The van der Waals surface area contributed by atoms with Crippen LogP contribution in [0.4, 0.5) is 0 Å². The molecule has 0 fully saturated rings. The quantitative estimate of drug-likeness (QED) is 0.0337. The molecule has 2 aliphatic carbocycles. The van der Waals surface area contributed by atoms with Crippen LogP contribution in [0.3, 0.4) is 0 Å². The predicted molar refractivity (Wildman–Crippen MR) is 243 cm³/mol. The topological polar surface area (TPSA) is 128 Å². The Morgan fingerprint density at radius 3 is 2.03 bits per heavy atom. The van der Waals surface area contributed by atoms with Gasteiger partial charge in [-0.05, 0) is 121 Å². The SMILES string of the molecule is CCC=CCC=CCC=CCC=CCC=CCCCC(=O)NCCN(C)CCNC(=O)CC(O)CC(O)CCC1C(C)C=CC2=CC(C)CC(OC(=O)C(C)(C)CC)C21. The number of likely N-dealkylation sites (N-methyl/N-ethyl adjacent to an activating group) is 1. The van der Waals surface area contributed by atoms with Crippen molar-refractivity contribution >= 4 is 17.8 Å². The number of allylic oxidation sites excluding steroid dienone is 13. The van der Waals surface area contributed by atoms with Gasteiger partial charge < -0.3 is 30.5 Å². The molecule has 2 rings (SSSR count). The molecule has 0 aromatic rings. The van der Waals surface area contributed by atoms with E-state index in [0.717, 1.165) is 57.8 Å². The number of nitrogens with zero attached hydrogens (tertiary/aromatic N) is 1. The van der Waals surface area contributed by atoms with Crippen molar-refractivity contribution in [1.29, 1.82) is 0 Å². The van der Waals surface area contributed by atoms with Gasteiger partial charge in [0.25, 0.3) is 0 Å². The van der Waals surface area contributed by atoms with Crippen molar-refractivity contribution in [3.8, 4) is 0 Å². The van der Waals surface area contributed by atoms with Crippen LogP contribution in [0, 0.1) is 29.1 Å². The number of rotatable bonds is 29. The molecule has 4 N–H and O–H groups in total. The molecule has 0 heterocycles. The van der Waals surface area contributed by atoms with Gasteiger partial charge in [-0.25, -0.2) is 0 Å². The minimum Gasteiger partial charge on any atom is -0.461 e. The maximum absolute atomic E-state index is 13.1. The lowest BCUT2D eigenvalue weighted by Gasteiger charge is -2.44. The number of carbonyl (C=O) groups is 3. The molecule has 2 aliphatic rings. The summed E-state index contributed by atoms with van der Waals surface area (Å²) in [6.07, 6.45) is 36.5. The third kappa shape index (κ3) is 22.0. The van der Waals surface area contributed by atoms with Crippen LogP contribution in [0.5, 0.6) is 0 Å². The fraction of sp³-hybridized carbons (Fsp3) is 0.660. The van der Waals surface area contributed by atoms with Crippen LogP contribution < -0.4 is 10.6 Å². The fourth-order valence-corrected chi connectivity index (χ4v) is 7.57. The van der Waals surface area contributed by atoms with E-state index in [4.69, 9.17) is 4.74 Å². The molecular formula is C50H81N3O6. The van der Waals surface area contributed by atoms with Crippen molar-refractivity contribution in [3.63, 3.8) is 0 Å². The molecule has 9 nitrogen and oxygen atoms in total. The molecule has 0 spiro atoms. The molecule has 2 amide bonds. The van der Waals surface area contributed by atoms with E-state index in [-0.39, 0.29) is 54.5 Å². The minimum absolute atomic E-state index is 0.0479. The van der Waals surface area contributed by atoms with Gasteiger partial charge in [0.05, 0.1) is 24.0 Å². The molecule has 0 aliphatic heterocycles. The average Bonchev–Trinajstić information content (AvgIpc) is 3.18. The summed E-state index contributed by atoms with van der Waals surface area (Å²) < 4.78 is 6.22. The summed E-state index contributed by atoms with van der Waals surface area (Å²) in [4.78, 5) is 40.0. The highest BCUT2D eigenvalue weighted by molar-refractivity contribution is 5.77. The second-order valence-corrected chi connectivity index (χ2v) is 17.4. The van der Waals surface area contributed by atoms with Crippen LogP contribution in [0.15, 0.2) is 84.6 Å². The van der Waals surface area contributed by atoms with Gasteiger partial charge >= 0.3 is 5.97 Å². The van der Waals surface area contributed by atoms with E-state index in [1.165, 1.54) is 5.57 Å². The first-order valence-corrected chi connectivity index (χ1v) is 22.7. The number of unbranched alkanes of at least 4 members (excludes halogenated alkanes) is 1. The number of aliphatic hydroxyl groups excluding tert-OH is 2. The van der Waals surface area contributed by atoms with Crippen LogP contribution in [-0.4, -0.2) is 84.4 Å². The lowest BCUT2D eigenvalue weighted by atomic mass is 9.65. The van der Waals surface area contributed by atoms with Gasteiger partial charge in [-0.1, -0.05) is 107 Å². The summed E-state index contributed by atoms with van der Waals surface area (Å²) in [5.41, 5.74) is 0.673. The number of hydrogen-bond acceptors (Lipinski definition) is 7. The van der Waals surface area contributed by atoms with E-state index in [1.807, 2.05) is 32.7 Å². The zero-order chi connectivity index (χ0) is 43.5.